The second kappa shape index (κ2) is 5.51. The summed E-state index contributed by atoms with van der Waals surface area (Å²) in [6, 6.07) is 5.93. The van der Waals surface area contributed by atoms with E-state index in [0.29, 0.717) is 6.54 Å². The third-order valence-corrected chi connectivity index (χ3v) is 3.05. The lowest BCUT2D eigenvalue weighted by atomic mass is 10.1. The monoisotopic (exact) mass is 232 g/mol. The first-order valence-electron chi connectivity index (χ1n) is 5.80. The van der Waals surface area contributed by atoms with Gasteiger partial charge in [-0.15, -0.1) is 0 Å². The highest BCUT2D eigenvalue weighted by Crippen LogP contribution is 2.28. The van der Waals surface area contributed by atoms with E-state index in [2.05, 4.69) is 9.89 Å². The summed E-state index contributed by atoms with van der Waals surface area (Å²) < 4.78 is 5.19. The Morgan fingerprint density at radius 1 is 1.41 bits per heavy atom. The molecule has 0 unspecified atom stereocenters. The van der Waals surface area contributed by atoms with Gasteiger partial charge in [0.15, 0.2) is 0 Å². The number of anilines is 1. The second-order valence-electron chi connectivity index (χ2n) is 4.10. The van der Waals surface area contributed by atoms with Crippen molar-refractivity contribution in [3.05, 3.63) is 23.8 Å². The predicted molar refractivity (Wildman–Crippen MR) is 66.3 cm³/mol. The second-order valence-corrected chi connectivity index (χ2v) is 4.10. The predicted octanol–water partition coefficient (Wildman–Crippen LogP) is 2.13. The summed E-state index contributed by atoms with van der Waals surface area (Å²) in [5.41, 5.74) is 2.18. The molecule has 1 aliphatic heterocycles. The molecule has 2 rings (SSSR count). The van der Waals surface area contributed by atoms with Gasteiger partial charge in [-0.3, -0.25) is 0 Å². The first kappa shape index (κ1) is 11.7. The lowest BCUT2D eigenvalue weighted by Crippen LogP contribution is -2.19. The molecule has 0 spiro atoms. The molecule has 0 aliphatic carbocycles. The fourth-order valence-electron chi connectivity index (χ4n) is 2.20. The van der Waals surface area contributed by atoms with Crippen molar-refractivity contribution in [2.45, 2.75) is 19.4 Å². The lowest BCUT2D eigenvalue weighted by molar-refractivity contribution is 0.414. The Kier molecular flexibility index (Phi) is 3.78. The van der Waals surface area contributed by atoms with Crippen LogP contribution in [0.4, 0.5) is 5.69 Å². The van der Waals surface area contributed by atoms with Crippen LogP contribution in [0.5, 0.6) is 5.75 Å². The zero-order valence-corrected chi connectivity index (χ0v) is 9.98. The van der Waals surface area contributed by atoms with Crippen LogP contribution in [0.15, 0.2) is 23.2 Å². The summed E-state index contributed by atoms with van der Waals surface area (Å²) in [7, 11) is 1.64. The number of benzene rings is 1. The quantitative estimate of drug-likeness (QED) is 0.590. The number of hydrogen-bond acceptors (Lipinski definition) is 4. The van der Waals surface area contributed by atoms with Crippen LogP contribution in [0.3, 0.4) is 0 Å². The molecule has 4 nitrogen and oxygen atoms in total. The molecule has 0 atom stereocenters. The average Bonchev–Trinajstić information content (AvgIpc) is 2.89. The van der Waals surface area contributed by atoms with E-state index in [1.54, 1.807) is 13.2 Å². The highest BCUT2D eigenvalue weighted by molar-refractivity contribution is 5.57. The molecule has 4 heteroatoms. The SMILES string of the molecule is COc1ccc(N2CCCC2)c(CN=C=O)c1. The summed E-state index contributed by atoms with van der Waals surface area (Å²) in [5.74, 6) is 0.795. The maximum atomic E-state index is 10.2. The lowest BCUT2D eigenvalue weighted by Gasteiger charge is -2.21. The van der Waals surface area contributed by atoms with Crippen molar-refractivity contribution >= 4 is 11.8 Å². The summed E-state index contributed by atoms with van der Waals surface area (Å²) in [6.07, 6.45) is 4.04. The van der Waals surface area contributed by atoms with Gasteiger partial charge in [0.25, 0.3) is 0 Å². The number of hydrogen-bond donors (Lipinski definition) is 0. The maximum absolute atomic E-state index is 10.2. The number of nitrogens with zero attached hydrogens (tertiary/aromatic N) is 2. The standard InChI is InChI=1S/C13H16N2O2/c1-17-12-4-5-13(15-6-2-3-7-15)11(8-12)9-14-10-16/h4-5,8H,2-3,6-7,9H2,1H3. The molecule has 17 heavy (non-hydrogen) atoms. The van der Waals surface area contributed by atoms with E-state index in [9.17, 15) is 4.79 Å². The van der Waals surface area contributed by atoms with Gasteiger partial charge in [0.2, 0.25) is 6.08 Å². The van der Waals surface area contributed by atoms with Gasteiger partial charge in [0.05, 0.1) is 13.7 Å². The molecular formula is C13H16N2O2. The van der Waals surface area contributed by atoms with Gasteiger partial charge in [-0.2, -0.15) is 0 Å². The van der Waals surface area contributed by atoms with E-state index in [-0.39, 0.29) is 0 Å². The van der Waals surface area contributed by atoms with Crippen LogP contribution in [0.1, 0.15) is 18.4 Å². The average molecular weight is 232 g/mol. The summed E-state index contributed by atoms with van der Waals surface area (Å²) in [6.45, 7) is 2.51. The smallest absolute Gasteiger partial charge is 0.235 e. The topological polar surface area (TPSA) is 41.9 Å². The van der Waals surface area contributed by atoms with Crippen LogP contribution in [0.2, 0.25) is 0 Å². The molecule has 1 aliphatic rings. The molecule has 0 N–H and O–H groups in total. The number of carbonyl (C=O) groups excluding carboxylic acids is 1. The van der Waals surface area contributed by atoms with Crippen LogP contribution in [-0.2, 0) is 11.3 Å². The molecule has 0 saturated carbocycles. The van der Waals surface area contributed by atoms with Crippen LogP contribution >= 0.6 is 0 Å². The Bertz CT molecular complexity index is 433. The number of aliphatic imine (C=N–C) groups is 1. The zero-order chi connectivity index (χ0) is 12.1. The van der Waals surface area contributed by atoms with Gasteiger partial charge in [-0.1, -0.05) is 0 Å². The Balaban J connectivity index is 2.31. The molecule has 0 radical (unpaired) electrons. The highest BCUT2D eigenvalue weighted by Gasteiger charge is 2.15. The number of rotatable bonds is 4. The van der Waals surface area contributed by atoms with Crippen LogP contribution in [-0.4, -0.2) is 26.3 Å². The van der Waals surface area contributed by atoms with Gasteiger partial charge in [0, 0.05) is 24.3 Å². The van der Waals surface area contributed by atoms with Crippen LogP contribution < -0.4 is 9.64 Å². The summed E-state index contributed by atoms with van der Waals surface area (Å²) in [4.78, 5) is 16.2. The molecular weight excluding hydrogens is 216 g/mol. The van der Waals surface area contributed by atoms with Gasteiger partial charge in [0.1, 0.15) is 5.75 Å². The van der Waals surface area contributed by atoms with Gasteiger partial charge in [-0.25, -0.2) is 9.79 Å². The number of methoxy groups -OCH3 is 1. The van der Waals surface area contributed by atoms with Gasteiger partial charge >= 0.3 is 0 Å². The normalized spacial score (nSPS) is 14.5. The number of isocyanates is 1. The van der Waals surface area contributed by atoms with Crippen LogP contribution in [0.25, 0.3) is 0 Å². The van der Waals surface area contributed by atoms with Crippen molar-refractivity contribution in [2.75, 3.05) is 25.1 Å². The van der Waals surface area contributed by atoms with E-state index in [4.69, 9.17) is 4.74 Å². The minimum Gasteiger partial charge on any atom is -0.497 e. The van der Waals surface area contributed by atoms with Gasteiger partial charge in [-0.05, 0) is 31.0 Å². The molecule has 0 aromatic heterocycles. The molecule has 1 aromatic rings. The number of ether oxygens (including phenoxy) is 1. The Morgan fingerprint density at radius 3 is 2.82 bits per heavy atom. The first-order valence-corrected chi connectivity index (χ1v) is 5.80. The van der Waals surface area contributed by atoms with Crippen molar-refractivity contribution in [3.8, 4) is 5.75 Å². The maximum Gasteiger partial charge on any atom is 0.235 e. The Labute approximate surface area is 101 Å². The van der Waals surface area contributed by atoms with E-state index in [0.717, 1.165) is 30.1 Å². The summed E-state index contributed by atoms with van der Waals surface area (Å²) >= 11 is 0. The van der Waals surface area contributed by atoms with E-state index >= 15 is 0 Å². The third kappa shape index (κ3) is 2.66. The molecule has 0 bridgehead atoms. The molecule has 1 aromatic carbocycles. The Hall–Kier alpha value is -1.80. The zero-order valence-electron chi connectivity index (χ0n) is 9.98. The third-order valence-electron chi connectivity index (χ3n) is 3.05. The van der Waals surface area contributed by atoms with Crippen LogP contribution in [0, 0.1) is 0 Å². The fourth-order valence-corrected chi connectivity index (χ4v) is 2.20. The molecule has 0 amide bonds. The van der Waals surface area contributed by atoms with E-state index in [1.165, 1.54) is 12.8 Å². The molecule has 1 heterocycles. The van der Waals surface area contributed by atoms with E-state index < -0.39 is 0 Å². The fraction of sp³-hybridized carbons (Fsp3) is 0.462. The first-order chi connectivity index (χ1) is 8.35. The van der Waals surface area contributed by atoms with E-state index in [1.807, 2.05) is 18.2 Å². The highest BCUT2D eigenvalue weighted by atomic mass is 16.5. The molecule has 1 saturated heterocycles. The van der Waals surface area contributed by atoms with Crippen molar-refractivity contribution in [1.29, 1.82) is 0 Å². The van der Waals surface area contributed by atoms with Crippen molar-refractivity contribution in [1.82, 2.24) is 0 Å². The minimum atomic E-state index is 0.368. The minimum absolute atomic E-state index is 0.368. The Morgan fingerprint density at radius 2 is 2.18 bits per heavy atom. The summed E-state index contributed by atoms with van der Waals surface area (Å²) in [5, 5.41) is 0. The van der Waals surface area contributed by atoms with Gasteiger partial charge < -0.3 is 9.64 Å². The van der Waals surface area contributed by atoms with Crippen molar-refractivity contribution in [3.63, 3.8) is 0 Å². The largest absolute Gasteiger partial charge is 0.497 e. The molecule has 90 valence electrons. The molecule has 1 fully saturated rings. The van der Waals surface area contributed by atoms with Crippen molar-refractivity contribution in [2.24, 2.45) is 4.99 Å². The van der Waals surface area contributed by atoms with Crippen molar-refractivity contribution < 1.29 is 9.53 Å².